The van der Waals surface area contributed by atoms with Crippen LogP contribution < -0.4 is 4.74 Å². The van der Waals surface area contributed by atoms with E-state index in [2.05, 4.69) is 15.9 Å². The van der Waals surface area contributed by atoms with Crippen molar-refractivity contribution in [1.29, 1.82) is 0 Å². The molecule has 2 aromatic carbocycles. The quantitative estimate of drug-likeness (QED) is 0.207. The lowest BCUT2D eigenvalue weighted by Crippen LogP contribution is -2.15. The van der Waals surface area contributed by atoms with E-state index in [1.165, 1.54) is 12.1 Å². The van der Waals surface area contributed by atoms with Crippen LogP contribution >= 0.6 is 15.9 Å². The van der Waals surface area contributed by atoms with Crippen LogP contribution in [0, 0.1) is 6.92 Å². The molecule has 2 rings (SSSR count). The van der Waals surface area contributed by atoms with Gasteiger partial charge in [-0.2, -0.15) is 8.42 Å². The summed E-state index contributed by atoms with van der Waals surface area (Å²) in [7, 11) is -3.76. The fourth-order valence-electron chi connectivity index (χ4n) is 2.49. The van der Waals surface area contributed by atoms with Gasteiger partial charge in [0.05, 0.1) is 64.4 Å². The number of hydrogen-bond donors (Lipinski definition) is 0. The first-order valence-electron chi connectivity index (χ1n) is 10.6. The lowest BCUT2D eigenvalue weighted by atomic mass is 10.2. The van der Waals surface area contributed by atoms with Gasteiger partial charge in [-0.1, -0.05) is 33.6 Å². The fourth-order valence-corrected chi connectivity index (χ4v) is 3.64. The third kappa shape index (κ3) is 12.5. The average Bonchev–Trinajstić information content (AvgIpc) is 2.80. The topological polar surface area (TPSA) is 89.5 Å². The van der Waals surface area contributed by atoms with Crippen LogP contribution in [0.1, 0.15) is 5.56 Å². The van der Waals surface area contributed by atoms with Gasteiger partial charge >= 0.3 is 0 Å². The van der Waals surface area contributed by atoms with Gasteiger partial charge in [0.15, 0.2) is 0 Å². The van der Waals surface area contributed by atoms with Gasteiger partial charge < -0.3 is 23.7 Å². The van der Waals surface area contributed by atoms with Gasteiger partial charge in [-0.15, -0.1) is 0 Å². The minimum Gasteiger partial charge on any atom is -0.491 e. The second kappa shape index (κ2) is 16.2. The fraction of sp³-hybridized carbons (Fsp3) is 0.478. The molecule has 0 bridgehead atoms. The Kier molecular flexibility index (Phi) is 13.6. The maximum atomic E-state index is 12.0. The Balaban J connectivity index is 1.33. The third-order valence-electron chi connectivity index (χ3n) is 4.20. The molecule has 0 atom stereocenters. The van der Waals surface area contributed by atoms with Crippen LogP contribution in [0.15, 0.2) is 57.9 Å². The highest BCUT2D eigenvalue weighted by Crippen LogP contribution is 2.16. The van der Waals surface area contributed by atoms with E-state index in [0.29, 0.717) is 52.9 Å². The van der Waals surface area contributed by atoms with E-state index in [1.54, 1.807) is 12.1 Å². The second-order valence-corrected chi connectivity index (χ2v) is 9.37. The minimum atomic E-state index is -3.76. The molecular formula is C23H31BrO8S. The van der Waals surface area contributed by atoms with Crippen molar-refractivity contribution in [3.8, 4) is 5.75 Å². The predicted octanol–water partition coefficient (Wildman–Crippen LogP) is 3.61. The Labute approximate surface area is 204 Å². The van der Waals surface area contributed by atoms with Crippen LogP contribution in [0.25, 0.3) is 0 Å². The zero-order valence-corrected chi connectivity index (χ0v) is 21.1. The first-order valence-corrected chi connectivity index (χ1v) is 12.8. The number of rotatable bonds is 18. The van der Waals surface area contributed by atoms with Crippen LogP contribution in [0.3, 0.4) is 0 Å². The summed E-state index contributed by atoms with van der Waals surface area (Å²) in [5, 5.41) is 0. The molecule has 0 aromatic heterocycles. The first kappa shape index (κ1) is 27.7. The molecule has 0 aliphatic carbocycles. The highest BCUT2D eigenvalue weighted by Gasteiger charge is 2.14. The van der Waals surface area contributed by atoms with Crippen molar-refractivity contribution >= 4 is 26.0 Å². The molecule has 0 spiro atoms. The lowest BCUT2D eigenvalue weighted by Gasteiger charge is -2.09. The van der Waals surface area contributed by atoms with Gasteiger partial charge in [0.1, 0.15) is 12.4 Å². The molecule has 0 N–H and O–H groups in total. The van der Waals surface area contributed by atoms with E-state index < -0.39 is 10.1 Å². The van der Waals surface area contributed by atoms with Crippen LogP contribution in [0.5, 0.6) is 5.75 Å². The number of aryl methyl sites for hydroxylation is 1. The molecule has 2 aromatic rings. The van der Waals surface area contributed by atoms with Crippen LogP contribution in [0.4, 0.5) is 0 Å². The van der Waals surface area contributed by atoms with Crippen molar-refractivity contribution in [3.63, 3.8) is 0 Å². The van der Waals surface area contributed by atoms with Crippen molar-refractivity contribution in [3.05, 3.63) is 58.6 Å². The van der Waals surface area contributed by atoms with E-state index >= 15 is 0 Å². The molecule has 0 fully saturated rings. The van der Waals surface area contributed by atoms with Crippen molar-refractivity contribution < 1.29 is 36.3 Å². The molecular weight excluding hydrogens is 516 g/mol. The zero-order chi connectivity index (χ0) is 23.8. The monoisotopic (exact) mass is 546 g/mol. The summed E-state index contributed by atoms with van der Waals surface area (Å²) in [6.07, 6.45) is 0. The normalized spacial score (nSPS) is 11.6. The molecule has 0 saturated heterocycles. The summed E-state index contributed by atoms with van der Waals surface area (Å²) in [5.74, 6) is 0.805. The molecule has 10 heteroatoms. The highest BCUT2D eigenvalue weighted by atomic mass is 79.9. The van der Waals surface area contributed by atoms with E-state index in [9.17, 15) is 8.42 Å². The van der Waals surface area contributed by atoms with Crippen LogP contribution in [-0.2, 0) is 33.2 Å². The number of ether oxygens (including phenoxy) is 5. The third-order valence-corrected chi connectivity index (χ3v) is 6.06. The molecule has 0 saturated carbocycles. The van der Waals surface area contributed by atoms with E-state index in [-0.39, 0.29) is 18.1 Å². The summed E-state index contributed by atoms with van der Waals surface area (Å²) in [6.45, 7) is 5.55. The number of halogens is 1. The summed E-state index contributed by atoms with van der Waals surface area (Å²) in [5.41, 5.74) is 0.981. The number of hydrogen-bond acceptors (Lipinski definition) is 8. The Hall–Kier alpha value is -1.53. The first-order chi connectivity index (χ1) is 16.0. The standard InChI is InChI=1S/C23H31BrO8S/c1-20-2-8-23(9-3-20)33(25,26)32-19-17-30-15-13-28-11-10-27-12-14-29-16-18-31-22-6-4-21(24)5-7-22/h2-9H,10-19H2,1H3. The highest BCUT2D eigenvalue weighted by molar-refractivity contribution is 9.10. The molecule has 0 aliphatic heterocycles. The maximum Gasteiger partial charge on any atom is 0.297 e. The summed E-state index contributed by atoms with van der Waals surface area (Å²) in [4.78, 5) is 0.135. The van der Waals surface area contributed by atoms with Crippen LogP contribution in [0.2, 0.25) is 0 Å². The van der Waals surface area contributed by atoms with Crippen LogP contribution in [-0.4, -0.2) is 74.5 Å². The molecule has 33 heavy (non-hydrogen) atoms. The summed E-state index contributed by atoms with van der Waals surface area (Å²) in [6, 6.07) is 14.1. The largest absolute Gasteiger partial charge is 0.491 e. The van der Waals surface area contributed by atoms with Crippen molar-refractivity contribution in [2.24, 2.45) is 0 Å². The van der Waals surface area contributed by atoms with Gasteiger partial charge in [-0.05, 0) is 43.3 Å². The molecule has 0 radical (unpaired) electrons. The predicted molar refractivity (Wildman–Crippen MR) is 127 cm³/mol. The smallest absolute Gasteiger partial charge is 0.297 e. The van der Waals surface area contributed by atoms with E-state index in [1.807, 2.05) is 31.2 Å². The summed E-state index contributed by atoms with van der Waals surface area (Å²) >= 11 is 3.38. The lowest BCUT2D eigenvalue weighted by molar-refractivity contribution is -0.00682. The number of benzene rings is 2. The van der Waals surface area contributed by atoms with Crippen molar-refractivity contribution in [1.82, 2.24) is 0 Å². The Morgan fingerprint density at radius 1 is 0.636 bits per heavy atom. The van der Waals surface area contributed by atoms with Gasteiger partial charge in [-0.3, -0.25) is 4.18 Å². The Bertz CT molecular complexity index is 872. The van der Waals surface area contributed by atoms with Gasteiger partial charge in [-0.25, -0.2) is 0 Å². The van der Waals surface area contributed by atoms with Gasteiger partial charge in [0.2, 0.25) is 0 Å². The zero-order valence-electron chi connectivity index (χ0n) is 18.7. The average molecular weight is 547 g/mol. The Morgan fingerprint density at radius 3 is 1.61 bits per heavy atom. The second-order valence-electron chi connectivity index (χ2n) is 6.84. The molecule has 8 nitrogen and oxygen atoms in total. The molecule has 184 valence electrons. The van der Waals surface area contributed by atoms with Crippen molar-refractivity contribution in [2.75, 3.05) is 66.1 Å². The molecule has 0 unspecified atom stereocenters. The minimum absolute atomic E-state index is 0.0481. The molecule has 0 aliphatic rings. The van der Waals surface area contributed by atoms with E-state index in [0.717, 1.165) is 15.8 Å². The molecule has 0 amide bonds. The Morgan fingerprint density at radius 2 is 1.09 bits per heavy atom. The maximum absolute atomic E-state index is 12.0. The van der Waals surface area contributed by atoms with Gasteiger partial charge in [0, 0.05) is 4.47 Å². The van der Waals surface area contributed by atoms with Crippen molar-refractivity contribution in [2.45, 2.75) is 11.8 Å². The van der Waals surface area contributed by atoms with E-state index in [4.69, 9.17) is 27.9 Å². The van der Waals surface area contributed by atoms with Gasteiger partial charge in [0.25, 0.3) is 10.1 Å². The SMILES string of the molecule is Cc1ccc(S(=O)(=O)OCCOCCOCCOCCOCCOc2ccc(Br)cc2)cc1. The summed E-state index contributed by atoms with van der Waals surface area (Å²) < 4.78 is 57.1. The molecule has 0 heterocycles.